The quantitative estimate of drug-likeness (QED) is 0.795. The van der Waals surface area contributed by atoms with Gasteiger partial charge in [-0.3, -0.25) is 9.59 Å². The maximum Gasteiger partial charge on any atom is 0.248 e. The third kappa shape index (κ3) is 6.08. The van der Waals surface area contributed by atoms with E-state index in [4.69, 9.17) is 11.6 Å². The van der Waals surface area contributed by atoms with Crippen molar-refractivity contribution in [3.8, 4) is 0 Å². The van der Waals surface area contributed by atoms with E-state index in [-0.39, 0.29) is 11.8 Å². The molecule has 0 aromatic heterocycles. The molecule has 1 N–H and O–H groups in total. The van der Waals surface area contributed by atoms with Crippen LogP contribution in [-0.4, -0.2) is 30.8 Å². The summed E-state index contributed by atoms with van der Waals surface area (Å²) in [6, 6.07) is 14.8. The topological polar surface area (TPSA) is 49.4 Å². The Labute approximate surface area is 153 Å². The predicted molar refractivity (Wildman–Crippen MR) is 103 cm³/mol. The Morgan fingerprint density at radius 3 is 2.60 bits per heavy atom. The van der Waals surface area contributed by atoms with Gasteiger partial charge < -0.3 is 10.2 Å². The lowest BCUT2D eigenvalue weighted by molar-refractivity contribution is -0.128. The van der Waals surface area contributed by atoms with Gasteiger partial charge in [0.25, 0.3) is 0 Å². The fraction of sp³-hybridized carbons (Fsp3) is 0.200. The van der Waals surface area contributed by atoms with Crippen molar-refractivity contribution in [3.63, 3.8) is 0 Å². The summed E-state index contributed by atoms with van der Waals surface area (Å²) in [4.78, 5) is 25.3. The number of carbonyl (C=O) groups is 2. The highest BCUT2D eigenvalue weighted by atomic mass is 35.5. The van der Waals surface area contributed by atoms with E-state index in [0.29, 0.717) is 23.6 Å². The second-order valence-electron chi connectivity index (χ2n) is 5.83. The lowest BCUT2D eigenvalue weighted by atomic mass is 10.1. The number of hydrogen-bond donors (Lipinski definition) is 1. The van der Waals surface area contributed by atoms with E-state index in [1.165, 1.54) is 6.08 Å². The molecule has 0 spiro atoms. The number of rotatable bonds is 6. The Bertz CT molecular complexity index is 785. The normalized spacial score (nSPS) is 10.7. The fourth-order valence-electron chi connectivity index (χ4n) is 2.24. The summed E-state index contributed by atoms with van der Waals surface area (Å²) < 4.78 is 0. The minimum atomic E-state index is -0.235. The lowest BCUT2D eigenvalue weighted by Crippen LogP contribution is -2.21. The Morgan fingerprint density at radius 1 is 1.12 bits per heavy atom. The number of benzene rings is 2. The molecule has 2 rings (SSSR count). The van der Waals surface area contributed by atoms with E-state index in [9.17, 15) is 9.59 Å². The molecule has 0 aliphatic carbocycles. The van der Waals surface area contributed by atoms with Gasteiger partial charge in [0.1, 0.15) is 0 Å². The number of carbonyl (C=O) groups excluding carboxylic acids is 2. The van der Waals surface area contributed by atoms with Crippen LogP contribution in [-0.2, 0) is 16.0 Å². The fourth-order valence-corrected chi connectivity index (χ4v) is 2.44. The van der Waals surface area contributed by atoms with Crippen LogP contribution in [0.5, 0.6) is 0 Å². The summed E-state index contributed by atoms with van der Waals surface area (Å²) in [5.41, 5.74) is 2.49. The molecule has 0 fully saturated rings. The number of halogens is 1. The van der Waals surface area contributed by atoms with E-state index in [2.05, 4.69) is 5.32 Å². The third-order valence-corrected chi connectivity index (χ3v) is 3.98. The highest BCUT2D eigenvalue weighted by molar-refractivity contribution is 6.32. The Balaban J connectivity index is 1.96. The number of aryl methyl sites for hydroxylation is 1. The Hall–Kier alpha value is -2.59. The maximum absolute atomic E-state index is 12.1. The first-order valence-corrected chi connectivity index (χ1v) is 8.36. The molecular formula is C20H21ClN2O2. The number of nitrogens with one attached hydrogen (secondary N) is 1. The highest BCUT2D eigenvalue weighted by Crippen LogP contribution is 2.17. The highest BCUT2D eigenvalue weighted by Gasteiger charge is 2.05. The Kier molecular flexibility index (Phi) is 6.78. The first-order chi connectivity index (χ1) is 12.0. The van der Waals surface area contributed by atoms with Gasteiger partial charge in [0.2, 0.25) is 11.8 Å². The molecule has 0 radical (unpaired) electrons. The summed E-state index contributed by atoms with van der Waals surface area (Å²) in [6.45, 7) is 0. The molecule has 0 heterocycles. The van der Waals surface area contributed by atoms with E-state index >= 15 is 0 Å². The van der Waals surface area contributed by atoms with Crippen LogP contribution in [0.4, 0.5) is 5.69 Å². The van der Waals surface area contributed by atoms with Crippen LogP contribution in [0.15, 0.2) is 54.6 Å². The standard InChI is InChI=1S/C20H21ClN2O2/c1-23(2)20(25)13-10-15-6-5-8-17(14-15)22-19(24)12-11-16-7-3-4-9-18(16)21/h3-9,11-12,14H,10,13H2,1-2H3,(H,22,24)/b12-11+. The minimum Gasteiger partial charge on any atom is -0.349 e. The molecule has 4 nitrogen and oxygen atoms in total. The van der Waals surface area contributed by atoms with Crippen molar-refractivity contribution in [2.45, 2.75) is 12.8 Å². The van der Waals surface area contributed by atoms with Crippen LogP contribution >= 0.6 is 11.6 Å². The number of amides is 2. The van der Waals surface area contributed by atoms with Gasteiger partial charge in [0.05, 0.1) is 0 Å². The van der Waals surface area contributed by atoms with Crippen molar-refractivity contribution < 1.29 is 9.59 Å². The van der Waals surface area contributed by atoms with Crippen LogP contribution in [0.2, 0.25) is 5.02 Å². The van der Waals surface area contributed by atoms with Gasteiger partial charge in [-0.15, -0.1) is 0 Å². The van der Waals surface area contributed by atoms with Crippen LogP contribution in [0.3, 0.4) is 0 Å². The van der Waals surface area contributed by atoms with Crippen molar-refractivity contribution in [2.75, 3.05) is 19.4 Å². The van der Waals surface area contributed by atoms with Crippen LogP contribution in [0, 0.1) is 0 Å². The SMILES string of the molecule is CN(C)C(=O)CCc1cccc(NC(=O)/C=C/c2ccccc2Cl)c1. The average Bonchev–Trinajstić information content (AvgIpc) is 2.59. The van der Waals surface area contributed by atoms with Crippen LogP contribution in [0.25, 0.3) is 6.08 Å². The van der Waals surface area contributed by atoms with E-state index in [1.54, 1.807) is 31.1 Å². The van der Waals surface area contributed by atoms with Crippen molar-refractivity contribution in [1.82, 2.24) is 4.90 Å². The summed E-state index contributed by atoms with van der Waals surface area (Å²) in [6.07, 6.45) is 4.20. The van der Waals surface area contributed by atoms with Gasteiger partial charge in [-0.2, -0.15) is 0 Å². The molecule has 0 aliphatic rings. The second kappa shape index (κ2) is 9.04. The molecule has 25 heavy (non-hydrogen) atoms. The molecule has 0 atom stereocenters. The zero-order valence-corrected chi connectivity index (χ0v) is 15.1. The number of hydrogen-bond acceptors (Lipinski definition) is 2. The molecule has 2 aromatic carbocycles. The lowest BCUT2D eigenvalue weighted by Gasteiger charge is -2.10. The van der Waals surface area contributed by atoms with E-state index < -0.39 is 0 Å². The average molecular weight is 357 g/mol. The monoisotopic (exact) mass is 356 g/mol. The molecule has 0 bridgehead atoms. The molecule has 0 aliphatic heterocycles. The van der Waals surface area contributed by atoms with Gasteiger partial charge in [-0.05, 0) is 41.8 Å². The van der Waals surface area contributed by atoms with Crippen molar-refractivity contribution >= 4 is 35.2 Å². The van der Waals surface area contributed by atoms with Crippen molar-refractivity contribution in [2.24, 2.45) is 0 Å². The van der Waals surface area contributed by atoms with Crippen molar-refractivity contribution in [3.05, 3.63) is 70.8 Å². The molecule has 0 saturated heterocycles. The van der Waals surface area contributed by atoms with Gasteiger partial charge in [-0.1, -0.05) is 41.9 Å². The summed E-state index contributed by atoms with van der Waals surface area (Å²) in [5.74, 6) is -0.154. The Morgan fingerprint density at radius 2 is 1.88 bits per heavy atom. The molecule has 0 unspecified atom stereocenters. The summed E-state index contributed by atoms with van der Waals surface area (Å²) in [7, 11) is 3.48. The van der Waals surface area contributed by atoms with Gasteiger partial charge in [0.15, 0.2) is 0 Å². The molecule has 130 valence electrons. The first-order valence-electron chi connectivity index (χ1n) is 7.98. The molecule has 2 amide bonds. The molecule has 2 aromatic rings. The minimum absolute atomic E-state index is 0.0807. The van der Waals surface area contributed by atoms with Crippen LogP contribution < -0.4 is 5.32 Å². The second-order valence-corrected chi connectivity index (χ2v) is 6.24. The van der Waals surface area contributed by atoms with E-state index in [1.807, 2.05) is 42.5 Å². The number of nitrogens with zero attached hydrogens (tertiary/aromatic N) is 1. The van der Waals surface area contributed by atoms with Gasteiger partial charge in [-0.25, -0.2) is 0 Å². The van der Waals surface area contributed by atoms with Crippen molar-refractivity contribution in [1.29, 1.82) is 0 Å². The molecule has 5 heteroatoms. The smallest absolute Gasteiger partial charge is 0.248 e. The maximum atomic E-state index is 12.1. The number of anilines is 1. The largest absolute Gasteiger partial charge is 0.349 e. The van der Waals surface area contributed by atoms with Crippen LogP contribution in [0.1, 0.15) is 17.5 Å². The summed E-state index contributed by atoms with van der Waals surface area (Å²) >= 11 is 6.06. The zero-order chi connectivity index (χ0) is 18.2. The third-order valence-electron chi connectivity index (χ3n) is 3.64. The predicted octanol–water partition coefficient (Wildman–Crippen LogP) is 4.01. The first kappa shape index (κ1) is 18.7. The summed E-state index contributed by atoms with van der Waals surface area (Å²) in [5, 5.41) is 3.41. The molecule has 0 saturated carbocycles. The van der Waals surface area contributed by atoms with Gasteiger partial charge in [0, 0.05) is 37.3 Å². The zero-order valence-electron chi connectivity index (χ0n) is 14.3. The molecular weight excluding hydrogens is 336 g/mol. The van der Waals surface area contributed by atoms with Gasteiger partial charge >= 0.3 is 0 Å². The van der Waals surface area contributed by atoms with E-state index in [0.717, 1.165) is 11.1 Å².